The van der Waals surface area contributed by atoms with Gasteiger partial charge in [-0.25, -0.2) is 0 Å². The lowest BCUT2D eigenvalue weighted by atomic mass is 10.1. The van der Waals surface area contributed by atoms with E-state index < -0.39 is 6.10 Å². The molecule has 5 heteroatoms. The maximum absolute atomic E-state index is 12.1. The van der Waals surface area contributed by atoms with Gasteiger partial charge >= 0.3 is 11.9 Å². The zero-order valence-corrected chi connectivity index (χ0v) is 36.5. The highest BCUT2D eigenvalue weighted by molar-refractivity contribution is 5.70. The van der Waals surface area contributed by atoms with Gasteiger partial charge in [0.2, 0.25) is 0 Å². The molecule has 0 aliphatic heterocycles. The Kier molecular flexibility index (Phi) is 43.7. The number of carbonyl (C=O) groups excluding carboxylic acids is 2. The Morgan fingerprint density at radius 3 is 1.10 bits per heavy atom. The first kappa shape index (κ1) is 53.8. The molecule has 322 valence electrons. The van der Waals surface area contributed by atoms with Gasteiger partial charge in [-0.05, 0) is 103 Å². The van der Waals surface area contributed by atoms with Crippen molar-refractivity contribution < 1.29 is 24.2 Å². The standard InChI is InChI=1S/C53H80O5/c1-3-5-7-9-10-11-12-13-14-15-16-17-18-19-20-21-22-23-24-25-26-27-28-29-30-31-32-33-34-35-36-37-38-39-40-41-42-44-46-48-53(56)58-51(49-54)50-57-52(55)47-45-43-8-6-4-2/h5,7,10-11,13-14,16-17,19-20,22-23,25-26,28-29,31-32,34-35,37-38,40-41,51,54H,3-4,6,8-9,12,15,18,21,24,27,30,33,36,39,42-50H2,1-2H3/b7-5-,11-10-,14-13-,17-16-,20-19-,23-22-,26-25-,29-28-,32-31-,35-34-,38-37-,41-40-. The SMILES string of the molecule is CC/C=C\C/C=C\C/C=C\C/C=C\C/C=C\C/C=C\C/C=C\C/C=C\C/C=C\C/C=C\C/C=C\C/C=C\CCCCC(=O)OC(CO)COC(=O)CCCCCCC. The Morgan fingerprint density at radius 1 is 0.414 bits per heavy atom. The fourth-order valence-electron chi connectivity index (χ4n) is 5.30. The summed E-state index contributed by atoms with van der Waals surface area (Å²) in [6, 6.07) is 0. The Labute approximate surface area is 355 Å². The Bertz CT molecular complexity index is 1310. The van der Waals surface area contributed by atoms with Gasteiger partial charge in [0, 0.05) is 12.8 Å². The molecule has 0 fully saturated rings. The quantitative estimate of drug-likeness (QED) is 0.0383. The minimum Gasteiger partial charge on any atom is -0.462 e. The van der Waals surface area contributed by atoms with E-state index in [9.17, 15) is 14.7 Å². The highest BCUT2D eigenvalue weighted by Gasteiger charge is 2.16. The summed E-state index contributed by atoms with van der Waals surface area (Å²) < 4.78 is 10.4. The van der Waals surface area contributed by atoms with Gasteiger partial charge in [0.05, 0.1) is 6.61 Å². The van der Waals surface area contributed by atoms with Crippen LogP contribution in [0.5, 0.6) is 0 Å². The van der Waals surface area contributed by atoms with Crippen LogP contribution in [0.3, 0.4) is 0 Å². The van der Waals surface area contributed by atoms with Crippen LogP contribution in [-0.4, -0.2) is 36.4 Å². The molecule has 5 nitrogen and oxygen atoms in total. The molecule has 0 saturated carbocycles. The second-order valence-electron chi connectivity index (χ2n) is 14.0. The van der Waals surface area contributed by atoms with Crippen LogP contribution in [0.15, 0.2) is 146 Å². The number of rotatable bonds is 38. The van der Waals surface area contributed by atoms with Crippen molar-refractivity contribution in [1.82, 2.24) is 0 Å². The van der Waals surface area contributed by atoms with Crippen molar-refractivity contribution in [3.63, 3.8) is 0 Å². The van der Waals surface area contributed by atoms with E-state index in [1.54, 1.807) is 0 Å². The molecular formula is C53H80O5. The molecule has 0 amide bonds. The molecule has 58 heavy (non-hydrogen) atoms. The third-order valence-electron chi connectivity index (χ3n) is 8.65. The van der Waals surface area contributed by atoms with Crippen molar-refractivity contribution >= 4 is 11.9 Å². The number of ether oxygens (including phenoxy) is 2. The molecule has 0 aromatic rings. The monoisotopic (exact) mass is 797 g/mol. The summed E-state index contributed by atoms with van der Waals surface area (Å²) in [5, 5.41) is 9.47. The van der Waals surface area contributed by atoms with Crippen LogP contribution >= 0.6 is 0 Å². The predicted octanol–water partition coefficient (Wildman–Crippen LogP) is 14.7. The summed E-state index contributed by atoms with van der Waals surface area (Å²) in [5.74, 6) is -0.672. The summed E-state index contributed by atoms with van der Waals surface area (Å²) in [7, 11) is 0. The smallest absolute Gasteiger partial charge is 0.306 e. The number of carbonyl (C=O) groups is 2. The van der Waals surface area contributed by atoms with E-state index in [4.69, 9.17) is 9.47 Å². The fourth-order valence-corrected chi connectivity index (χ4v) is 5.30. The number of aliphatic hydroxyl groups excluding tert-OH is 1. The van der Waals surface area contributed by atoms with Crippen LogP contribution in [0.1, 0.15) is 155 Å². The molecule has 0 spiro atoms. The molecule has 1 atom stereocenters. The first-order valence-corrected chi connectivity index (χ1v) is 22.4. The third-order valence-corrected chi connectivity index (χ3v) is 8.65. The zero-order chi connectivity index (χ0) is 42.1. The van der Waals surface area contributed by atoms with Gasteiger partial charge in [-0.3, -0.25) is 9.59 Å². The molecule has 0 radical (unpaired) electrons. The van der Waals surface area contributed by atoms with Crippen LogP contribution in [-0.2, 0) is 19.1 Å². The van der Waals surface area contributed by atoms with Gasteiger partial charge in [0.15, 0.2) is 6.10 Å². The van der Waals surface area contributed by atoms with Crippen LogP contribution in [0.25, 0.3) is 0 Å². The first-order chi connectivity index (χ1) is 28.6. The van der Waals surface area contributed by atoms with Crippen molar-refractivity contribution in [3.05, 3.63) is 146 Å². The van der Waals surface area contributed by atoms with E-state index in [-0.39, 0.29) is 31.6 Å². The number of unbranched alkanes of at least 4 members (excludes halogenated alkanes) is 6. The van der Waals surface area contributed by atoms with E-state index >= 15 is 0 Å². The van der Waals surface area contributed by atoms with Crippen molar-refractivity contribution in [2.75, 3.05) is 13.2 Å². The van der Waals surface area contributed by atoms with Gasteiger partial charge in [-0.15, -0.1) is 0 Å². The molecule has 0 bridgehead atoms. The molecule has 0 heterocycles. The van der Waals surface area contributed by atoms with Gasteiger partial charge < -0.3 is 14.6 Å². The summed E-state index contributed by atoms with van der Waals surface area (Å²) in [4.78, 5) is 24.0. The summed E-state index contributed by atoms with van der Waals surface area (Å²) in [5.41, 5.74) is 0. The Morgan fingerprint density at radius 2 is 0.741 bits per heavy atom. The number of hydrogen-bond donors (Lipinski definition) is 1. The summed E-state index contributed by atoms with van der Waals surface area (Å²) in [6.07, 6.45) is 72.6. The number of aliphatic hydroxyl groups is 1. The van der Waals surface area contributed by atoms with E-state index in [1.165, 1.54) is 6.42 Å². The van der Waals surface area contributed by atoms with E-state index in [0.29, 0.717) is 12.8 Å². The average Bonchev–Trinajstić information content (AvgIpc) is 3.23. The number of hydrogen-bond acceptors (Lipinski definition) is 5. The highest BCUT2D eigenvalue weighted by Crippen LogP contribution is 2.08. The summed E-state index contributed by atoms with van der Waals surface area (Å²) in [6.45, 7) is 3.86. The van der Waals surface area contributed by atoms with E-state index in [0.717, 1.165) is 116 Å². The van der Waals surface area contributed by atoms with Crippen LogP contribution in [0.4, 0.5) is 0 Å². The fraction of sp³-hybridized carbons (Fsp3) is 0.509. The van der Waals surface area contributed by atoms with Crippen molar-refractivity contribution in [1.29, 1.82) is 0 Å². The third kappa shape index (κ3) is 44.5. The Hall–Kier alpha value is -4.22. The van der Waals surface area contributed by atoms with Crippen LogP contribution < -0.4 is 0 Å². The second kappa shape index (κ2) is 47.2. The lowest BCUT2D eigenvalue weighted by Crippen LogP contribution is -2.28. The molecule has 0 rings (SSSR count). The summed E-state index contributed by atoms with van der Waals surface area (Å²) >= 11 is 0. The van der Waals surface area contributed by atoms with Crippen molar-refractivity contribution in [2.45, 2.75) is 161 Å². The number of esters is 2. The lowest BCUT2D eigenvalue weighted by molar-refractivity contribution is -0.161. The molecular weight excluding hydrogens is 717 g/mol. The second-order valence-corrected chi connectivity index (χ2v) is 14.0. The van der Waals surface area contributed by atoms with E-state index in [2.05, 4.69) is 160 Å². The van der Waals surface area contributed by atoms with Gasteiger partial charge in [-0.2, -0.15) is 0 Å². The van der Waals surface area contributed by atoms with Gasteiger partial charge in [-0.1, -0.05) is 185 Å². The van der Waals surface area contributed by atoms with Gasteiger partial charge in [0.25, 0.3) is 0 Å². The predicted molar refractivity (Wildman–Crippen MR) is 251 cm³/mol. The van der Waals surface area contributed by atoms with E-state index in [1.807, 2.05) is 0 Å². The molecule has 1 unspecified atom stereocenters. The minimum absolute atomic E-state index is 0.0935. The van der Waals surface area contributed by atoms with Crippen LogP contribution in [0, 0.1) is 0 Å². The first-order valence-electron chi connectivity index (χ1n) is 22.4. The zero-order valence-electron chi connectivity index (χ0n) is 36.5. The van der Waals surface area contributed by atoms with Crippen molar-refractivity contribution in [3.8, 4) is 0 Å². The highest BCUT2D eigenvalue weighted by atomic mass is 16.6. The molecule has 0 saturated heterocycles. The molecule has 0 aromatic heterocycles. The minimum atomic E-state index is -0.799. The Balaban J connectivity index is 3.72. The van der Waals surface area contributed by atoms with Crippen LogP contribution in [0.2, 0.25) is 0 Å². The molecule has 0 aromatic carbocycles. The largest absolute Gasteiger partial charge is 0.462 e. The maximum Gasteiger partial charge on any atom is 0.306 e. The van der Waals surface area contributed by atoms with Gasteiger partial charge in [0.1, 0.15) is 6.61 Å². The van der Waals surface area contributed by atoms with Crippen molar-refractivity contribution in [2.24, 2.45) is 0 Å². The normalized spacial score (nSPS) is 13.6. The maximum atomic E-state index is 12.1. The average molecular weight is 797 g/mol. The molecule has 1 N–H and O–H groups in total. The topological polar surface area (TPSA) is 72.8 Å². The molecule has 0 aliphatic carbocycles. The molecule has 0 aliphatic rings. The lowest BCUT2D eigenvalue weighted by Gasteiger charge is -2.15. The number of allylic oxidation sites excluding steroid dienone is 24.